The van der Waals surface area contributed by atoms with Crippen LogP contribution in [-0.4, -0.2) is 44.2 Å². The number of aromatic nitrogens is 1. The molecule has 0 spiro atoms. The molecule has 1 aromatic carbocycles. The van der Waals surface area contributed by atoms with E-state index >= 15 is 0 Å². The lowest BCUT2D eigenvalue weighted by atomic mass is 10.1. The summed E-state index contributed by atoms with van der Waals surface area (Å²) in [5.41, 5.74) is 7.03. The first-order valence-corrected chi connectivity index (χ1v) is 6.73. The van der Waals surface area contributed by atoms with Crippen LogP contribution < -0.4 is 20.5 Å². The van der Waals surface area contributed by atoms with E-state index in [0.29, 0.717) is 22.9 Å². The monoisotopic (exact) mass is 304 g/mol. The van der Waals surface area contributed by atoms with Crippen molar-refractivity contribution in [1.29, 1.82) is 0 Å². The van der Waals surface area contributed by atoms with Gasteiger partial charge < -0.3 is 25.4 Å². The first-order valence-electron chi connectivity index (χ1n) is 6.73. The number of methoxy groups -OCH3 is 2. The molecule has 0 bridgehead atoms. The topological polar surface area (TPSA) is 89.7 Å². The first-order chi connectivity index (χ1) is 10.5. The number of pyridine rings is 1. The van der Waals surface area contributed by atoms with Crippen molar-refractivity contribution in [3.63, 3.8) is 0 Å². The predicted octanol–water partition coefficient (Wildman–Crippen LogP) is 1.80. The fraction of sp³-hybridized carbons (Fsp3) is 0.333. The average Bonchev–Trinajstić information content (AvgIpc) is 2.53. The van der Waals surface area contributed by atoms with E-state index in [-0.39, 0.29) is 12.6 Å². The number of nitrogens with one attached hydrogen (secondary N) is 1. The van der Waals surface area contributed by atoms with Crippen molar-refractivity contribution in [2.45, 2.75) is 6.54 Å². The number of hydrogen-bond donors (Lipinski definition) is 2. The second kappa shape index (κ2) is 6.48. The van der Waals surface area contributed by atoms with Crippen LogP contribution in [0.3, 0.4) is 0 Å². The van der Waals surface area contributed by atoms with Gasteiger partial charge in [0.15, 0.2) is 0 Å². The maximum Gasteiger partial charge on any atom is 0.321 e. The second-order valence-electron chi connectivity index (χ2n) is 4.90. The Morgan fingerprint density at radius 2 is 2.05 bits per heavy atom. The maximum atomic E-state index is 11.9. The number of nitrogens with two attached hydrogens (primary N) is 1. The summed E-state index contributed by atoms with van der Waals surface area (Å²) in [6.07, 6.45) is 1.59. The van der Waals surface area contributed by atoms with Crippen LogP contribution in [0.4, 0.5) is 10.5 Å². The van der Waals surface area contributed by atoms with Crippen molar-refractivity contribution < 1.29 is 14.3 Å². The summed E-state index contributed by atoms with van der Waals surface area (Å²) in [6, 6.07) is 3.34. The summed E-state index contributed by atoms with van der Waals surface area (Å²) in [5, 5.41) is 4.34. The first kappa shape index (κ1) is 15.8. The Labute approximate surface area is 129 Å². The highest BCUT2D eigenvalue weighted by Crippen LogP contribution is 2.36. The lowest BCUT2D eigenvalue weighted by Gasteiger charge is -2.17. The Bertz CT molecular complexity index is 701. The molecule has 0 saturated carbocycles. The minimum atomic E-state index is -0.245. The molecule has 0 aliphatic heterocycles. The fourth-order valence-corrected chi connectivity index (χ4v) is 2.14. The molecular formula is C15H20N4O3. The van der Waals surface area contributed by atoms with Crippen LogP contribution in [0.25, 0.3) is 10.8 Å². The van der Waals surface area contributed by atoms with E-state index in [1.54, 1.807) is 40.6 Å². The van der Waals surface area contributed by atoms with Crippen molar-refractivity contribution in [2.24, 2.45) is 5.73 Å². The van der Waals surface area contributed by atoms with Crippen LogP contribution in [0, 0.1) is 0 Å². The minimum Gasteiger partial charge on any atom is -0.497 e. The van der Waals surface area contributed by atoms with Crippen LogP contribution in [-0.2, 0) is 6.54 Å². The summed E-state index contributed by atoms with van der Waals surface area (Å²) < 4.78 is 10.7. The molecule has 7 heteroatoms. The third-order valence-electron chi connectivity index (χ3n) is 3.30. The van der Waals surface area contributed by atoms with Gasteiger partial charge in [0.25, 0.3) is 0 Å². The lowest BCUT2D eigenvalue weighted by molar-refractivity contribution is 0.230. The molecule has 2 aromatic rings. The SMILES string of the molecule is COc1cc(OC)c2c(CN)ncc(NC(=O)N(C)C)c2c1. The minimum absolute atomic E-state index is 0.245. The highest BCUT2D eigenvalue weighted by Gasteiger charge is 2.15. The van der Waals surface area contributed by atoms with Crippen LogP contribution in [0.2, 0.25) is 0 Å². The number of ether oxygens (including phenoxy) is 2. The van der Waals surface area contributed by atoms with Crippen LogP contribution >= 0.6 is 0 Å². The van der Waals surface area contributed by atoms with E-state index in [2.05, 4.69) is 10.3 Å². The smallest absolute Gasteiger partial charge is 0.321 e. The third-order valence-corrected chi connectivity index (χ3v) is 3.30. The number of rotatable bonds is 4. The Hall–Kier alpha value is -2.54. The van der Waals surface area contributed by atoms with E-state index in [9.17, 15) is 4.79 Å². The number of fused-ring (bicyclic) bond motifs is 1. The Morgan fingerprint density at radius 3 is 2.59 bits per heavy atom. The average molecular weight is 304 g/mol. The van der Waals surface area contributed by atoms with Gasteiger partial charge in [0, 0.05) is 37.5 Å². The molecule has 2 rings (SSSR count). The molecule has 7 nitrogen and oxygen atoms in total. The molecular weight excluding hydrogens is 284 g/mol. The van der Waals surface area contributed by atoms with Crippen molar-refractivity contribution in [3.8, 4) is 11.5 Å². The summed E-state index contributed by atoms with van der Waals surface area (Å²) in [6.45, 7) is 0.265. The largest absolute Gasteiger partial charge is 0.497 e. The number of nitrogens with zero attached hydrogens (tertiary/aromatic N) is 2. The molecule has 0 unspecified atom stereocenters. The molecule has 118 valence electrons. The number of urea groups is 1. The number of carbonyl (C=O) groups is 1. The zero-order valence-electron chi connectivity index (χ0n) is 13.1. The molecule has 0 fully saturated rings. The summed E-state index contributed by atoms with van der Waals surface area (Å²) in [7, 11) is 6.48. The Balaban J connectivity index is 2.70. The van der Waals surface area contributed by atoms with Gasteiger partial charge in [-0.3, -0.25) is 4.98 Å². The standard InChI is InChI=1S/C15H20N4O3/c1-19(2)15(20)18-12-8-17-11(7-16)14-10(12)5-9(21-3)6-13(14)22-4/h5-6,8H,7,16H2,1-4H3,(H,18,20). The quantitative estimate of drug-likeness (QED) is 0.899. The number of anilines is 1. The predicted molar refractivity (Wildman–Crippen MR) is 85.4 cm³/mol. The molecule has 0 radical (unpaired) electrons. The molecule has 3 N–H and O–H groups in total. The van der Waals surface area contributed by atoms with Gasteiger partial charge in [0.1, 0.15) is 11.5 Å². The molecule has 1 aromatic heterocycles. The van der Waals surface area contributed by atoms with E-state index < -0.39 is 0 Å². The van der Waals surface area contributed by atoms with Gasteiger partial charge in [0.05, 0.1) is 31.8 Å². The van der Waals surface area contributed by atoms with E-state index in [1.807, 2.05) is 6.07 Å². The Kier molecular flexibility index (Phi) is 4.67. The van der Waals surface area contributed by atoms with Crippen LogP contribution in [0.1, 0.15) is 5.69 Å². The van der Waals surface area contributed by atoms with E-state index in [0.717, 1.165) is 10.8 Å². The van der Waals surface area contributed by atoms with Gasteiger partial charge in [-0.05, 0) is 6.07 Å². The van der Waals surface area contributed by atoms with Crippen molar-refractivity contribution in [1.82, 2.24) is 9.88 Å². The van der Waals surface area contributed by atoms with Crippen molar-refractivity contribution in [3.05, 3.63) is 24.0 Å². The van der Waals surface area contributed by atoms with Crippen molar-refractivity contribution in [2.75, 3.05) is 33.6 Å². The number of amides is 2. The van der Waals surface area contributed by atoms with E-state index in [1.165, 1.54) is 4.90 Å². The van der Waals surface area contributed by atoms with Crippen LogP contribution in [0.5, 0.6) is 11.5 Å². The normalized spacial score (nSPS) is 10.4. The maximum absolute atomic E-state index is 11.9. The molecule has 0 aliphatic rings. The second-order valence-corrected chi connectivity index (χ2v) is 4.90. The fourth-order valence-electron chi connectivity index (χ4n) is 2.14. The highest BCUT2D eigenvalue weighted by atomic mass is 16.5. The van der Waals surface area contributed by atoms with Gasteiger partial charge >= 0.3 is 6.03 Å². The number of carbonyl (C=O) groups excluding carboxylic acids is 1. The van der Waals surface area contributed by atoms with Gasteiger partial charge in [-0.15, -0.1) is 0 Å². The summed E-state index contributed by atoms with van der Waals surface area (Å²) in [5.74, 6) is 1.22. The number of hydrogen-bond acceptors (Lipinski definition) is 5. The molecule has 22 heavy (non-hydrogen) atoms. The van der Waals surface area contributed by atoms with Gasteiger partial charge in [0.2, 0.25) is 0 Å². The molecule has 2 amide bonds. The summed E-state index contributed by atoms with van der Waals surface area (Å²) >= 11 is 0. The zero-order chi connectivity index (χ0) is 16.3. The van der Waals surface area contributed by atoms with Gasteiger partial charge in [-0.1, -0.05) is 0 Å². The number of benzene rings is 1. The van der Waals surface area contributed by atoms with Crippen molar-refractivity contribution >= 4 is 22.5 Å². The zero-order valence-corrected chi connectivity index (χ0v) is 13.1. The third kappa shape index (κ3) is 2.89. The summed E-state index contributed by atoms with van der Waals surface area (Å²) in [4.78, 5) is 17.7. The van der Waals surface area contributed by atoms with Gasteiger partial charge in [-0.2, -0.15) is 0 Å². The molecule has 0 atom stereocenters. The molecule has 1 heterocycles. The lowest BCUT2D eigenvalue weighted by Crippen LogP contribution is -2.27. The Morgan fingerprint density at radius 1 is 1.32 bits per heavy atom. The van der Waals surface area contributed by atoms with Crippen LogP contribution in [0.15, 0.2) is 18.3 Å². The highest BCUT2D eigenvalue weighted by molar-refractivity contribution is 6.04. The molecule has 0 aliphatic carbocycles. The molecule has 0 saturated heterocycles. The van der Waals surface area contributed by atoms with E-state index in [4.69, 9.17) is 15.2 Å². The van der Waals surface area contributed by atoms with Gasteiger partial charge in [-0.25, -0.2) is 4.79 Å².